The van der Waals surface area contributed by atoms with Gasteiger partial charge in [0.1, 0.15) is 10.7 Å². The minimum absolute atomic E-state index is 0.126. The quantitative estimate of drug-likeness (QED) is 0.373. The number of carbonyl (C=O) groups is 1. The van der Waals surface area contributed by atoms with E-state index in [0.717, 1.165) is 33.7 Å². The molecule has 0 spiro atoms. The Bertz CT molecular complexity index is 1190. The van der Waals surface area contributed by atoms with Crippen LogP contribution >= 0.6 is 23.1 Å². The third-order valence-corrected chi connectivity index (χ3v) is 6.92. The first-order chi connectivity index (χ1) is 15.5. The number of benzene rings is 1. The van der Waals surface area contributed by atoms with Crippen molar-refractivity contribution in [3.8, 4) is 17.1 Å². The van der Waals surface area contributed by atoms with Crippen LogP contribution in [0.25, 0.3) is 17.1 Å². The number of nitrogens with one attached hydrogen (secondary N) is 1. The van der Waals surface area contributed by atoms with Gasteiger partial charge in [0.2, 0.25) is 0 Å². The number of thiazole rings is 1. The Balaban J connectivity index is 1.57. The van der Waals surface area contributed by atoms with Crippen LogP contribution in [-0.2, 0) is 5.75 Å². The molecular weight excluding hydrogens is 440 g/mol. The first-order valence-electron chi connectivity index (χ1n) is 10.4. The molecule has 3 heterocycles. The normalized spacial score (nSPS) is 12.0. The standard InChI is InChI=1S/C23H24N6OS2/c1-4-16(3)25-22(30)19-13-31-20(26-19)14-32-23-28-27-21(17-6-5-11-24-12-17)29(23)18-9-7-15(2)8-10-18/h5-13,16H,4,14H2,1-3H3,(H,25,30). The van der Waals surface area contributed by atoms with Gasteiger partial charge < -0.3 is 5.32 Å². The van der Waals surface area contributed by atoms with Gasteiger partial charge >= 0.3 is 0 Å². The fraction of sp³-hybridized carbons (Fsp3) is 0.261. The monoisotopic (exact) mass is 464 g/mol. The summed E-state index contributed by atoms with van der Waals surface area (Å²) in [5.74, 6) is 1.20. The highest BCUT2D eigenvalue weighted by Gasteiger charge is 2.18. The van der Waals surface area contributed by atoms with Crippen molar-refractivity contribution in [2.75, 3.05) is 0 Å². The fourth-order valence-electron chi connectivity index (χ4n) is 2.98. The van der Waals surface area contributed by atoms with Gasteiger partial charge in [0.15, 0.2) is 11.0 Å². The number of aryl methyl sites for hydroxylation is 1. The molecular formula is C23H24N6OS2. The van der Waals surface area contributed by atoms with Crippen molar-refractivity contribution in [2.45, 2.75) is 44.1 Å². The maximum Gasteiger partial charge on any atom is 0.270 e. The maximum atomic E-state index is 12.3. The Labute approximate surface area is 195 Å². The summed E-state index contributed by atoms with van der Waals surface area (Å²) < 4.78 is 2.03. The number of pyridine rings is 1. The molecule has 32 heavy (non-hydrogen) atoms. The average Bonchev–Trinajstić information content (AvgIpc) is 3.46. The predicted octanol–water partition coefficient (Wildman–Crippen LogP) is 4.91. The van der Waals surface area contributed by atoms with Crippen molar-refractivity contribution in [3.63, 3.8) is 0 Å². The summed E-state index contributed by atoms with van der Waals surface area (Å²) in [6.45, 7) is 6.09. The minimum Gasteiger partial charge on any atom is -0.348 e. The SMILES string of the molecule is CCC(C)NC(=O)c1csc(CSc2nnc(-c3cccnc3)n2-c2ccc(C)cc2)n1. The number of hydrogen-bond acceptors (Lipinski definition) is 7. The van der Waals surface area contributed by atoms with Crippen molar-refractivity contribution in [1.29, 1.82) is 0 Å². The zero-order valence-corrected chi connectivity index (χ0v) is 19.8. The molecule has 0 aliphatic heterocycles. The molecule has 0 aliphatic carbocycles. The first-order valence-corrected chi connectivity index (χ1v) is 12.2. The van der Waals surface area contributed by atoms with E-state index in [-0.39, 0.29) is 11.9 Å². The molecule has 0 saturated carbocycles. The molecule has 3 aromatic heterocycles. The van der Waals surface area contributed by atoms with Crippen molar-refractivity contribution in [1.82, 2.24) is 30.0 Å². The van der Waals surface area contributed by atoms with Crippen LogP contribution in [-0.4, -0.2) is 36.7 Å². The molecule has 164 valence electrons. The number of thioether (sulfide) groups is 1. The molecule has 1 amide bonds. The second-order valence-corrected chi connectivity index (χ2v) is 9.30. The molecule has 0 bridgehead atoms. The molecule has 0 aliphatic rings. The van der Waals surface area contributed by atoms with Crippen LogP contribution < -0.4 is 5.32 Å². The number of aromatic nitrogens is 5. The minimum atomic E-state index is -0.131. The molecule has 4 aromatic rings. The molecule has 0 saturated heterocycles. The Morgan fingerprint density at radius 2 is 2.03 bits per heavy atom. The van der Waals surface area contributed by atoms with Gasteiger partial charge in [-0.1, -0.05) is 36.4 Å². The highest BCUT2D eigenvalue weighted by atomic mass is 32.2. The lowest BCUT2D eigenvalue weighted by atomic mass is 10.2. The number of amides is 1. The molecule has 7 nitrogen and oxygen atoms in total. The topological polar surface area (TPSA) is 85.6 Å². The van der Waals surface area contributed by atoms with Gasteiger partial charge in [-0.2, -0.15) is 0 Å². The average molecular weight is 465 g/mol. The van der Waals surface area contributed by atoms with Gasteiger partial charge in [0.05, 0.1) is 5.75 Å². The zero-order chi connectivity index (χ0) is 22.5. The van der Waals surface area contributed by atoms with E-state index in [0.29, 0.717) is 11.4 Å². The van der Waals surface area contributed by atoms with Gasteiger partial charge in [-0.25, -0.2) is 4.98 Å². The van der Waals surface area contributed by atoms with E-state index in [1.807, 2.05) is 30.5 Å². The highest BCUT2D eigenvalue weighted by molar-refractivity contribution is 7.98. The molecule has 0 radical (unpaired) electrons. The van der Waals surface area contributed by atoms with Crippen LogP contribution in [0.1, 0.15) is 41.3 Å². The summed E-state index contributed by atoms with van der Waals surface area (Å²) in [6.07, 6.45) is 4.40. The maximum absolute atomic E-state index is 12.3. The summed E-state index contributed by atoms with van der Waals surface area (Å²) in [6, 6.07) is 12.2. The van der Waals surface area contributed by atoms with Crippen LogP contribution in [0.5, 0.6) is 0 Å². The van der Waals surface area contributed by atoms with E-state index in [9.17, 15) is 4.79 Å². The second kappa shape index (κ2) is 10.1. The highest BCUT2D eigenvalue weighted by Crippen LogP contribution is 2.30. The summed E-state index contributed by atoms with van der Waals surface area (Å²) >= 11 is 3.02. The number of nitrogens with zero attached hydrogens (tertiary/aromatic N) is 5. The summed E-state index contributed by atoms with van der Waals surface area (Å²) in [5, 5.41) is 15.3. The van der Waals surface area contributed by atoms with E-state index in [2.05, 4.69) is 56.7 Å². The van der Waals surface area contributed by atoms with Crippen LogP contribution in [0.15, 0.2) is 59.3 Å². The number of rotatable bonds is 8. The van der Waals surface area contributed by atoms with Gasteiger partial charge in [-0.05, 0) is 44.5 Å². The van der Waals surface area contributed by atoms with Crippen LogP contribution in [0, 0.1) is 6.92 Å². The third kappa shape index (κ3) is 5.05. The second-order valence-electron chi connectivity index (χ2n) is 7.42. The van der Waals surface area contributed by atoms with Crippen LogP contribution in [0.2, 0.25) is 0 Å². The van der Waals surface area contributed by atoms with Gasteiger partial charge in [-0.3, -0.25) is 14.3 Å². The van der Waals surface area contributed by atoms with Crippen LogP contribution in [0.3, 0.4) is 0 Å². The van der Waals surface area contributed by atoms with E-state index in [1.54, 1.807) is 29.5 Å². The van der Waals surface area contributed by atoms with Gasteiger partial charge in [0, 0.05) is 35.1 Å². The number of carbonyl (C=O) groups excluding carboxylic acids is 1. The number of hydrogen-bond donors (Lipinski definition) is 1. The third-order valence-electron chi connectivity index (χ3n) is 4.94. The summed E-state index contributed by atoms with van der Waals surface area (Å²) in [5.41, 5.74) is 3.52. The van der Waals surface area contributed by atoms with Crippen molar-refractivity contribution >= 4 is 29.0 Å². The lowest BCUT2D eigenvalue weighted by Crippen LogP contribution is -2.32. The molecule has 1 unspecified atom stereocenters. The van der Waals surface area contributed by atoms with E-state index >= 15 is 0 Å². The van der Waals surface area contributed by atoms with Crippen molar-refractivity contribution in [2.24, 2.45) is 0 Å². The Morgan fingerprint density at radius 1 is 1.22 bits per heavy atom. The van der Waals surface area contributed by atoms with Gasteiger partial charge in [-0.15, -0.1) is 21.5 Å². The van der Waals surface area contributed by atoms with Crippen LogP contribution in [0.4, 0.5) is 0 Å². The molecule has 0 fully saturated rings. The lowest BCUT2D eigenvalue weighted by Gasteiger charge is -2.10. The largest absolute Gasteiger partial charge is 0.348 e. The Kier molecular flexibility index (Phi) is 6.96. The van der Waals surface area contributed by atoms with Crippen molar-refractivity contribution < 1.29 is 4.79 Å². The Morgan fingerprint density at radius 3 is 2.75 bits per heavy atom. The van der Waals surface area contributed by atoms with E-state index < -0.39 is 0 Å². The zero-order valence-electron chi connectivity index (χ0n) is 18.1. The fourth-order valence-corrected chi connectivity index (χ4v) is 4.72. The molecule has 9 heteroatoms. The smallest absolute Gasteiger partial charge is 0.270 e. The first kappa shape index (κ1) is 22.2. The predicted molar refractivity (Wildman–Crippen MR) is 128 cm³/mol. The molecule has 1 atom stereocenters. The Hall–Kier alpha value is -3.04. The molecule has 1 N–H and O–H groups in total. The summed E-state index contributed by atoms with van der Waals surface area (Å²) in [4.78, 5) is 21.1. The van der Waals surface area contributed by atoms with E-state index in [4.69, 9.17) is 0 Å². The molecule has 1 aromatic carbocycles. The lowest BCUT2D eigenvalue weighted by molar-refractivity contribution is 0.0935. The van der Waals surface area contributed by atoms with Gasteiger partial charge in [0.25, 0.3) is 5.91 Å². The van der Waals surface area contributed by atoms with E-state index in [1.165, 1.54) is 16.9 Å². The summed E-state index contributed by atoms with van der Waals surface area (Å²) in [7, 11) is 0. The molecule has 4 rings (SSSR count). The van der Waals surface area contributed by atoms with Crippen molar-refractivity contribution in [3.05, 3.63) is 70.4 Å².